The minimum Gasteiger partial charge on any atom is -0.508 e. The summed E-state index contributed by atoms with van der Waals surface area (Å²) in [6, 6.07) is 8.57. The second-order valence-electron chi connectivity index (χ2n) is 4.66. The van der Waals surface area contributed by atoms with Gasteiger partial charge in [-0.05, 0) is 18.2 Å². The van der Waals surface area contributed by atoms with Gasteiger partial charge >= 0.3 is 0 Å². The molecule has 6 heteroatoms. The monoisotopic (exact) mass is 318 g/mol. The molecule has 22 heavy (non-hydrogen) atoms. The summed E-state index contributed by atoms with van der Waals surface area (Å²) in [5.41, 5.74) is 0.250. The molecule has 0 spiro atoms. The van der Waals surface area contributed by atoms with E-state index in [9.17, 15) is 15.0 Å². The smallest absolute Gasteiger partial charge is 0.197 e. The third kappa shape index (κ3) is 2.35. The number of aromatic hydroxyl groups is 2. The van der Waals surface area contributed by atoms with Crippen LogP contribution >= 0.6 is 11.6 Å². The number of phenols is 2. The van der Waals surface area contributed by atoms with Gasteiger partial charge in [-0.15, -0.1) is 0 Å². The summed E-state index contributed by atoms with van der Waals surface area (Å²) in [5, 5.41) is 19.7. The van der Waals surface area contributed by atoms with Crippen LogP contribution in [-0.2, 0) is 0 Å². The molecule has 0 aliphatic rings. The fourth-order valence-electron chi connectivity index (χ4n) is 2.22. The van der Waals surface area contributed by atoms with Crippen LogP contribution in [0.25, 0.3) is 22.3 Å². The first kappa shape index (κ1) is 14.3. The van der Waals surface area contributed by atoms with Gasteiger partial charge in [0.2, 0.25) is 0 Å². The van der Waals surface area contributed by atoms with E-state index in [-0.39, 0.29) is 28.2 Å². The van der Waals surface area contributed by atoms with Gasteiger partial charge in [-0.3, -0.25) is 4.79 Å². The summed E-state index contributed by atoms with van der Waals surface area (Å²) in [6.45, 7) is 0. The summed E-state index contributed by atoms with van der Waals surface area (Å²) in [7, 11) is 1.50. The summed E-state index contributed by atoms with van der Waals surface area (Å²) >= 11 is 6.06. The molecule has 0 saturated heterocycles. The Labute approximate surface area is 130 Å². The molecule has 0 saturated carbocycles. The van der Waals surface area contributed by atoms with Crippen LogP contribution in [0.4, 0.5) is 0 Å². The minimum absolute atomic E-state index is 0.0150. The zero-order valence-corrected chi connectivity index (χ0v) is 12.2. The number of ether oxygens (including phenoxy) is 1. The first-order chi connectivity index (χ1) is 10.5. The van der Waals surface area contributed by atoms with Crippen molar-refractivity contribution in [3.8, 4) is 28.6 Å². The van der Waals surface area contributed by atoms with Crippen LogP contribution in [0.3, 0.4) is 0 Å². The predicted molar refractivity (Wildman–Crippen MR) is 82.8 cm³/mol. The van der Waals surface area contributed by atoms with E-state index in [1.807, 2.05) is 0 Å². The van der Waals surface area contributed by atoms with Crippen LogP contribution in [0, 0.1) is 0 Å². The van der Waals surface area contributed by atoms with Gasteiger partial charge < -0.3 is 19.4 Å². The van der Waals surface area contributed by atoms with Crippen molar-refractivity contribution in [2.45, 2.75) is 0 Å². The molecule has 0 bridgehead atoms. The van der Waals surface area contributed by atoms with E-state index in [4.69, 9.17) is 20.8 Å². The third-order valence-electron chi connectivity index (χ3n) is 3.23. The zero-order chi connectivity index (χ0) is 15.9. The molecule has 0 aliphatic carbocycles. The molecule has 5 nitrogen and oxygen atoms in total. The SMILES string of the molecule is COc1ccc(-c2cc(=O)c3c(O)cc(O)cc3o2)cc1Cl. The van der Waals surface area contributed by atoms with Crippen molar-refractivity contribution < 1.29 is 19.4 Å². The second kappa shape index (κ2) is 5.27. The van der Waals surface area contributed by atoms with Gasteiger partial charge in [-0.25, -0.2) is 0 Å². The number of phenolic OH excluding ortho intramolecular Hbond substituents is 2. The van der Waals surface area contributed by atoms with Crippen LogP contribution in [0.1, 0.15) is 0 Å². The van der Waals surface area contributed by atoms with Crippen molar-refractivity contribution in [2.75, 3.05) is 7.11 Å². The van der Waals surface area contributed by atoms with Crippen LogP contribution in [0.2, 0.25) is 5.02 Å². The molecular formula is C16H11ClO5. The molecule has 0 amide bonds. The first-order valence-electron chi connectivity index (χ1n) is 6.33. The lowest BCUT2D eigenvalue weighted by Gasteiger charge is -2.07. The fourth-order valence-corrected chi connectivity index (χ4v) is 2.47. The predicted octanol–water partition coefficient (Wildman–Crippen LogP) is 3.53. The quantitative estimate of drug-likeness (QED) is 0.755. The van der Waals surface area contributed by atoms with Gasteiger partial charge in [0.05, 0.1) is 12.1 Å². The van der Waals surface area contributed by atoms with Gasteiger partial charge in [0.15, 0.2) is 5.43 Å². The van der Waals surface area contributed by atoms with Crippen LogP contribution in [0.15, 0.2) is 45.6 Å². The zero-order valence-electron chi connectivity index (χ0n) is 11.5. The molecule has 2 N–H and O–H groups in total. The van der Waals surface area contributed by atoms with Crippen molar-refractivity contribution in [1.29, 1.82) is 0 Å². The third-order valence-corrected chi connectivity index (χ3v) is 3.53. The Morgan fingerprint density at radius 3 is 2.59 bits per heavy atom. The highest BCUT2D eigenvalue weighted by molar-refractivity contribution is 6.32. The van der Waals surface area contributed by atoms with Crippen molar-refractivity contribution in [1.82, 2.24) is 0 Å². The standard InChI is InChI=1S/C16H11ClO5/c1-21-13-3-2-8(4-10(13)17)14-7-12(20)16-11(19)5-9(18)6-15(16)22-14/h2-7,18-19H,1H3. The molecule has 1 aromatic heterocycles. The number of hydrogen-bond donors (Lipinski definition) is 2. The van der Waals surface area contributed by atoms with Crippen LogP contribution in [0.5, 0.6) is 17.2 Å². The van der Waals surface area contributed by atoms with E-state index < -0.39 is 5.43 Å². The van der Waals surface area contributed by atoms with Crippen molar-refractivity contribution in [3.05, 3.63) is 51.6 Å². The average Bonchev–Trinajstić information content (AvgIpc) is 2.45. The molecule has 0 atom stereocenters. The Balaban J connectivity index is 2.24. The number of benzene rings is 2. The van der Waals surface area contributed by atoms with Gasteiger partial charge in [0.1, 0.15) is 34.0 Å². The molecule has 2 aromatic carbocycles. The highest BCUT2D eigenvalue weighted by Crippen LogP contribution is 2.33. The summed E-state index contributed by atoms with van der Waals surface area (Å²) < 4.78 is 10.7. The number of hydrogen-bond acceptors (Lipinski definition) is 5. The minimum atomic E-state index is -0.416. The molecular weight excluding hydrogens is 308 g/mol. The highest BCUT2D eigenvalue weighted by atomic mass is 35.5. The normalized spacial score (nSPS) is 10.8. The number of halogens is 1. The van der Waals surface area contributed by atoms with Crippen molar-refractivity contribution in [2.24, 2.45) is 0 Å². The van der Waals surface area contributed by atoms with Gasteiger partial charge in [0, 0.05) is 23.8 Å². The van der Waals surface area contributed by atoms with Gasteiger partial charge in [-0.1, -0.05) is 11.6 Å². The molecule has 0 aliphatic heterocycles. The number of rotatable bonds is 2. The largest absolute Gasteiger partial charge is 0.508 e. The van der Waals surface area contributed by atoms with Crippen molar-refractivity contribution >= 4 is 22.6 Å². The van der Waals surface area contributed by atoms with Gasteiger partial charge in [0.25, 0.3) is 0 Å². The molecule has 3 aromatic rings. The summed E-state index contributed by atoms with van der Waals surface area (Å²) in [6.07, 6.45) is 0. The Kier molecular flexibility index (Phi) is 3.42. The summed E-state index contributed by atoms with van der Waals surface area (Å²) in [4.78, 5) is 12.2. The Morgan fingerprint density at radius 2 is 1.91 bits per heavy atom. The Hall–Kier alpha value is -2.66. The maximum Gasteiger partial charge on any atom is 0.197 e. The lowest BCUT2D eigenvalue weighted by molar-refractivity contribution is 0.415. The van der Waals surface area contributed by atoms with E-state index in [1.54, 1.807) is 18.2 Å². The van der Waals surface area contributed by atoms with Crippen molar-refractivity contribution in [3.63, 3.8) is 0 Å². The highest BCUT2D eigenvalue weighted by Gasteiger charge is 2.13. The number of fused-ring (bicyclic) bond motifs is 1. The maximum absolute atomic E-state index is 12.2. The van der Waals surface area contributed by atoms with E-state index in [1.165, 1.54) is 19.2 Å². The molecule has 1 heterocycles. The lowest BCUT2D eigenvalue weighted by Crippen LogP contribution is -2.00. The Morgan fingerprint density at radius 1 is 1.14 bits per heavy atom. The first-order valence-corrected chi connectivity index (χ1v) is 6.71. The van der Waals surface area contributed by atoms with Crippen LogP contribution in [-0.4, -0.2) is 17.3 Å². The van der Waals surface area contributed by atoms with Crippen LogP contribution < -0.4 is 10.2 Å². The lowest BCUT2D eigenvalue weighted by atomic mass is 10.1. The average molecular weight is 319 g/mol. The molecule has 0 fully saturated rings. The molecule has 0 radical (unpaired) electrons. The Bertz CT molecular complexity index is 930. The van der Waals surface area contributed by atoms with E-state index >= 15 is 0 Å². The van der Waals surface area contributed by atoms with Gasteiger partial charge in [-0.2, -0.15) is 0 Å². The topological polar surface area (TPSA) is 79.9 Å². The van der Waals surface area contributed by atoms with E-state index in [0.29, 0.717) is 16.3 Å². The number of methoxy groups -OCH3 is 1. The van der Waals surface area contributed by atoms with E-state index in [0.717, 1.165) is 6.07 Å². The fraction of sp³-hybridized carbons (Fsp3) is 0.0625. The molecule has 112 valence electrons. The second-order valence-corrected chi connectivity index (χ2v) is 5.07. The molecule has 0 unspecified atom stereocenters. The molecule has 3 rings (SSSR count). The maximum atomic E-state index is 12.2. The van der Waals surface area contributed by atoms with E-state index in [2.05, 4.69) is 0 Å². The summed E-state index contributed by atoms with van der Waals surface area (Å²) in [5.74, 6) is 0.247.